The number of ether oxygens (including phenoxy) is 3. The molecule has 4 aliphatic rings. The summed E-state index contributed by atoms with van der Waals surface area (Å²) in [6, 6.07) is 3.91. The van der Waals surface area contributed by atoms with E-state index in [1.165, 1.54) is 21.2 Å². The van der Waals surface area contributed by atoms with Crippen LogP contribution in [0.15, 0.2) is 46.9 Å². The van der Waals surface area contributed by atoms with E-state index < -0.39 is 41.0 Å². The number of nitrogens with one attached hydrogen (secondary N) is 2. The van der Waals surface area contributed by atoms with Gasteiger partial charge < -0.3 is 39.0 Å². The molecular formula is C48H66N8O8S. The van der Waals surface area contributed by atoms with Gasteiger partial charge in [0.1, 0.15) is 12.1 Å². The lowest BCUT2D eigenvalue weighted by Crippen LogP contribution is -2.67. The SMILES string of the molecule is C=C/C(=C(\N=C/C)[C@H](C)OC)c1c2c3cc(ccc3n1CC)-c1csc(n1)C[C@H](NC(=O)[C@H](C(C)C)N(C)C(=O)N1CCC3(COC3)C1)C(=O)N1CCC[C@@](O)(N1)C(=O)OCC(C)(C)C2. The second-order valence-corrected chi connectivity index (χ2v) is 20.1. The van der Waals surface area contributed by atoms with Crippen molar-refractivity contribution in [3.63, 3.8) is 0 Å². The maximum Gasteiger partial charge on any atom is 0.355 e. The molecule has 3 saturated heterocycles. The van der Waals surface area contributed by atoms with Gasteiger partial charge in [-0.05, 0) is 63.6 Å². The van der Waals surface area contributed by atoms with E-state index >= 15 is 0 Å². The monoisotopic (exact) mass is 914 g/mol. The minimum Gasteiger partial charge on any atom is -0.462 e. The van der Waals surface area contributed by atoms with Gasteiger partial charge in [0.25, 0.3) is 5.91 Å². The molecule has 0 aliphatic carbocycles. The first-order valence-corrected chi connectivity index (χ1v) is 23.6. The minimum absolute atomic E-state index is 0.00203. The Balaban J connectivity index is 1.30. The summed E-state index contributed by atoms with van der Waals surface area (Å²) in [6.07, 6.45) is 4.82. The summed E-state index contributed by atoms with van der Waals surface area (Å²) in [7, 11) is 3.27. The number of hydrazine groups is 1. The van der Waals surface area contributed by atoms with Crippen molar-refractivity contribution in [1.29, 1.82) is 0 Å². The van der Waals surface area contributed by atoms with Gasteiger partial charge in [-0.25, -0.2) is 14.6 Å². The van der Waals surface area contributed by atoms with Gasteiger partial charge in [-0.1, -0.05) is 46.4 Å². The van der Waals surface area contributed by atoms with Crippen molar-refractivity contribution in [2.45, 2.75) is 111 Å². The van der Waals surface area contributed by atoms with Crippen LogP contribution in [0.3, 0.4) is 0 Å². The van der Waals surface area contributed by atoms with E-state index in [0.29, 0.717) is 50.0 Å². The molecule has 3 fully saturated rings. The first-order chi connectivity index (χ1) is 30.9. The number of hydrogen-bond donors (Lipinski definition) is 3. The lowest BCUT2D eigenvalue weighted by molar-refractivity contribution is -0.189. The van der Waals surface area contributed by atoms with Gasteiger partial charge in [0.15, 0.2) is 0 Å². The molecule has 17 heteroatoms. The van der Waals surface area contributed by atoms with Crippen molar-refractivity contribution >= 4 is 57.8 Å². The smallest absolute Gasteiger partial charge is 0.355 e. The molecule has 352 valence electrons. The fraction of sp³-hybridized carbons (Fsp3) is 0.583. The van der Waals surface area contributed by atoms with Crippen molar-refractivity contribution in [2.75, 3.05) is 53.6 Å². The Morgan fingerprint density at radius 1 is 1.18 bits per heavy atom. The van der Waals surface area contributed by atoms with Crippen molar-refractivity contribution in [3.05, 3.63) is 58.2 Å². The molecule has 4 atom stereocenters. The summed E-state index contributed by atoms with van der Waals surface area (Å²) in [4.78, 5) is 70.0. The van der Waals surface area contributed by atoms with E-state index in [-0.39, 0.29) is 55.9 Å². The number of aliphatic imine (C=N–C) groups is 1. The van der Waals surface area contributed by atoms with Gasteiger partial charge in [0.2, 0.25) is 11.6 Å². The van der Waals surface area contributed by atoms with Crippen LogP contribution in [0.4, 0.5) is 4.79 Å². The zero-order chi connectivity index (χ0) is 47.0. The number of esters is 1. The topological polar surface area (TPSA) is 180 Å². The number of aromatic nitrogens is 2. The molecule has 3 N–H and O–H groups in total. The Labute approximate surface area is 386 Å². The molecule has 0 radical (unpaired) electrons. The molecule has 1 spiro atoms. The van der Waals surface area contributed by atoms with Crippen molar-refractivity contribution in [2.24, 2.45) is 21.7 Å². The molecule has 0 unspecified atom stereocenters. The fourth-order valence-electron chi connectivity index (χ4n) is 9.77. The largest absolute Gasteiger partial charge is 0.462 e. The summed E-state index contributed by atoms with van der Waals surface area (Å²) in [5.41, 5.74) is 5.91. The normalized spacial score (nSPS) is 23.5. The molecule has 2 aromatic heterocycles. The molecule has 6 heterocycles. The van der Waals surface area contributed by atoms with Gasteiger partial charge in [-0.2, -0.15) is 5.43 Å². The van der Waals surface area contributed by atoms with E-state index in [2.05, 4.69) is 40.9 Å². The second-order valence-electron chi connectivity index (χ2n) is 19.2. The van der Waals surface area contributed by atoms with Crippen LogP contribution < -0.4 is 10.7 Å². The standard InChI is InChI=1S/C48H66N8O8S/c1-11-32(39(49-12-2)30(6)62-10)41-34-23-46(7,8)26-64-44(59)48(61)17-14-19-56(52-48)43(58)35(22-38-50-36(24-65-38)31-15-16-37(33(34)21-31)55(41)13-3)51-42(57)40(29(4)5)53(9)45(60)54-20-18-47(25-54)27-63-28-47/h11-12,15-16,21,24,29-30,35,40,52,61H,1,13-14,17-20,22-23,25-28H2,2-10H3,(H,51,57)/b39-32+,49-12-/t30-,35-,40-,48-/m0/s1. The Morgan fingerprint density at radius 2 is 1.94 bits per heavy atom. The Bertz CT molecular complexity index is 2380. The zero-order valence-electron chi connectivity index (χ0n) is 39.4. The van der Waals surface area contributed by atoms with Gasteiger partial charge in [-0.3, -0.25) is 19.6 Å². The number of aliphatic hydroxyl groups is 1. The summed E-state index contributed by atoms with van der Waals surface area (Å²) in [5.74, 6) is -2.28. The second kappa shape index (κ2) is 19.1. The van der Waals surface area contributed by atoms with E-state index in [0.717, 1.165) is 45.4 Å². The van der Waals surface area contributed by atoms with Crippen LogP contribution in [-0.2, 0) is 48.0 Å². The number of urea groups is 1. The van der Waals surface area contributed by atoms with Crippen molar-refractivity contribution < 1.29 is 38.5 Å². The van der Waals surface area contributed by atoms with Crippen molar-refractivity contribution in [1.82, 2.24) is 35.1 Å². The predicted octanol–water partition coefficient (Wildman–Crippen LogP) is 5.57. The van der Waals surface area contributed by atoms with Crippen LogP contribution in [0.1, 0.15) is 84.0 Å². The molecule has 16 nitrogen and oxygen atoms in total. The maximum absolute atomic E-state index is 14.6. The first-order valence-electron chi connectivity index (χ1n) is 22.8. The highest BCUT2D eigenvalue weighted by molar-refractivity contribution is 7.10. The van der Waals surface area contributed by atoms with E-state index in [9.17, 15) is 24.3 Å². The van der Waals surface area contributed by atoms with Crippen LogP contribution >= 0.6 is 11.3 Å². The number of likely N-dealkylation sites (tertiary alicyclic amines) is 1. The van der Waals surface area contributed by atoms with Crippen molar-refractivity contribution in [3.8, 4) is 11.3 Å². The number of nitrogens with zero attached hydrogens (tertiary/aromatic N) is 6. The average Bonchev–Trinajstić information content (AvgIpc) is 4.01. The lowest BCUT2D eigenvalue weighted by Gasteiger charge is -2.40. The van der Waals surface area contributed by atoms with Crippen LogP contribution in [-0.4, -0.2) is 137 Å². The Morgan fingerprint density at radius 3 is 2.57 bits per heavy atom. The third kappa shape index (κ3) is 9.53. The summed E-state index contributed by atoms with van der Waals surface area (Å²) in [5, 5.41) is 19.6. The van der Waals surface area contributed by atoms with Gasteiger partial charge in [0, 0.05) is 97.6 Å². The number of rotatable bonds is 10. The molecule has 0 saturated carbocycles. The van der Waals surface area contributed by atoms with Crippen LogP contribution in [0.25, 0.3) is 27.7 Å². The molecule has 4 amide bonds. The van der Waals surface area contributed by atoms with E-state index in [1.807, 2.05) is 59.1 Å². The van der Waals surface area contributed by atoms with Crippen LogP contribution in [0, 0.1) is 16.7 Å². The molecule has 1 aromatic carbocycles. The molecule has 7 rings (SSSR count). The molecule has 65 heavy (non-hydrogen) atoms. The van der Waals surface area contributed by atoms with E-state index in [4.69, 9.17) is 24.2 Å². The van der Waals surface area contributed by atoms with Gasteiger partial charge in [0.05, 0.1) is 48.0 Å². The summed E-state index contributed by atoms with van der Waals surface area (Å²) in [6.45, 7) is 21.0. The molecule has 3 aromatic rings. The zero-order valence-corrected chi connectivity index (χ0v) is 40.2. The Hall–Kier alpha value is -4.94. The number of amides is 4. The quantitative estimate of drug-likeness (QED) is 0.132. The number of likely N-dealkylation sites (N-methyl/N-ethyl adjacent to an activating group) is 1. The molecular weight excluding hydrogens is 849 g/mol. The van der Waals surface area contributed by atoms with Gasteiger partial charge in [-0.15, -0.1) is 11.3 Å². The number of aryl methyl sites for hydroxylation is 1. The average molecular weight is 915 g/mol. The molecule has 4 aliphatic heterocycles. The fourth-order valence-corrected chi connectivity index (χ4v) is 10.6. The maximum atomic E-state index is 14.6. The minimum atomic E-state index is -2.22. The number of hydrogen-bond acceptors (Lipinski definition) is 12. The Kier molecular flexibility index (Phi) is 14.1. The van der Waals surface area contributed by atoms with Crippen LogP contribution in [0.5, 0.6) is 0 Å². The highest BCUT2D eigenvalue weighted by atomic mass is 32.1. The number of cyclic esters (lactones) is 1. The van der Waals surface area contributed by atoms with Crippen LogP contribution in [0.2, 0.25) is 0 Å². The lowest BCUT2D eigenvalue weighted by atomic mass is 9.84. The number of methoxy groups -OCH3 is 1. The number of fused-ring (bicyclic) bond motifs is 6. The summed E-state index contributed by atoms with van der Waals surface area (Å²) < 4.78 is 19.5. The number of carbonyl (C=O) groups is 4. The number of carbonyl (C=O) groups excluding carboxylic acids is 4. The highest BCUT2D eigenvalue weighted by Gasteiger charge is 2.48. The van der Waals surface area contributed by atoms with Gasteiger partial charge >= 0.3 is 12.0 Å². The third-order valence-corrected chi connectivity index (χ3v) is 14.2. The first kappa shape index (κ1) is 48.0. The number of thiazole rings is 1. The number of benzene rings is 1. The predicted molar refractivity (Wildman–Crippen MR) is 251 cm³/mol. The highest BCUT2D eigenvalue weighted by Crippen LogP contribution is 2.41. The molecule has 6 bridgehead atoms. The third-order valence-electron chi connectivity index (χ3n) is 13.3. The van der Waals surface area contributed by atoms with E-state index in [1.54, 1.807) is 25.3 Å². The number of allylic oxidation sites excluding steroid dienone is 2. The summed E-state index contributed by atoms with van der Waals surface area (Å²) >= 11 is 1.37.